The maximum atomic E-state index is 12.8. The van der Waals surface area contributed by atoms with Crippen LogP contribution in [0.1, 0.15) is 16.8 Å². The summed E-state index contributed by atoms with van der Waals surface area (Å²) in [6.45, 7) is 1.76. The first-order chi connectivity index (χ1) is 9.68. The standard InChI is InChI=1S/C13H13F3N4O/c1-7-5-11(20(2)19-7)21-8-3-4-10(13(14,15)16)9(6-8)12(17)18/h3-6H,1-2H3,(H3,17,18). The summed E-state index contributed by atoms with van der Waals surface area (Å²) in [6.07, 6.45) is -4.58. The number of hydrogen-bond donors (Lipinski definition) is 2. The quantitative estimate of drug-likeness (QED) is 0.675. The van der Waals surface area contributed by atoms with Crippen molar-refractivity contribution < 1.29 is 17.9 Å². The third kappa shape index (κ3) is 3.15. The van der Waals surface area contributed by atoms with Crippen LogP contribution in [0.5, 0.6) is 11.6 Å². The van der Waals surface area contributed by atoms with Crippen LogP contribution >= 0.6 is 0 Å². The van der Waals surface area contributed by atoms with E-state index in [9.17, 15) is 13.2 Å². The topological polar surface area (TPSA) is 76.9 Å². The van der Waals surface area contributed by atoms with E-state index in [0.29, 0.717) is 11.6 Å². The Balaban J connectivity index is 2.41. The Morgan fingerprint density at radius 3 is 2.48 bits per heavy atom. The van der Waals surface area contributed by atoms with Gasteiger partial charge in [-0.05, 0) is 25.1 Å². The first kappa shape index (κ1) is 14.9. The summed E-state index contributed by atoms with van der Waals surface area (Å²) < 4.78 is 45.4. The molecule has 2 rings (SSSR count). The molecule has 0 aliphatic rings. The molecule has 1 aromatic heterocycles. The fourth-order valence-corrected chi connectivity index (χ4v) is 1.86. The van der Waals surface area contributed by atoms with E-state index in [1.165, 1.54) is 10.7 Å². The minimum atomic E-state index is -4.58. The number of nitrogens with zero attached hydrogens (tertiary/aromatic N) is 2. The summed E-state index contributed by atoms with van der Waals surface area (Å²) in [6, 6.07) is 4.76. The van der Waals surface area contributed by atoms with E-state index in [4.69, 9.17) is 15.9 Å². The van der Waals surface area contributed by atoms with Crippen LogP contribution in [0.3, 0.4) is 0 Å². The number of ether oxygens (including phenoxy) is 1. The molecule has 0 radical (unpaired) electrons. The average molecular weight is 298 g/mol. The van der Waals surface area contributed by atoms with Crippen molar-refractivity contribution in [2.45, 2.75) is 13.1 Å². The lowest BCUT2D eigenvalue weighted by Gasteiger charge is -2.13. The highest BCUT2D eigenvalue weighted by molar-refractivity contribution is 5.97. The summed E-state index contributed by atoms with van der Waals surface area (Å²) in [4.78, 5) is 0. The smallest absolute Gasteiger partial charge is 0.417 e. The third-order valence-corrected chi connectivity index (χ3v) is 2.77. The van der Waals surface area contributed by atoms with Crippen molar-refractivity contribution in [1.82, 2.24) is 9.78 Å². The third-order valence-electron chi connectivity index (χ3n) is 2.77. The highest BCUT2D eigenvalue weighted by Crippen LogP contribution is 2.34. The molecular formula is C13H13F3N4O. The van der Waals surface area contributed by atoms with E-state index < -0.39 is 23.1 Å². The van der Waals surface area contributed by atoms with Gasteiger partial charge in [0, 0.05) is 18.7 Å². The molecule has 1 aromatic carbocycles. The number of hydrogen-bond acceptors (Lipinski definition) is 3. The minimum Gasteiger partial charge on any atom is -0.439 e. The number of nitrogen functional groups attached to an aromatic ring is 1. The van der Waals surface area contributed by atoms with Gasteiger partial charge in [0.25, 0.3) is 0 Å². The Labute approximate surface area is 118 Å². The van der Waals surface area contributed by atoms with Gasteiger partial charge in [-0.15, -0.1) is 0 Å². The van der Waals surface area contributed by atoms with Crippen molar-refractivity contribution in [3.05, 3.63) is 41.1 Å². The van der Waals surface area contributed by atoms with E-state index in [0.717, 1.165) is 12.1 Å². The normalized spacial score (nSPS) is 11.5. The lowest BCUT2D eigenvalue weighted by atomic mass is 10.1. The fourth-order valence-electron chi connectivity index (χ4n) is 1.86. The Kier molecular flexibility index (Phi) is 3.63. The van der Waals surface area contributed by atoms with Gasteiger partial charge >= 0.3 is 6.18 Å². The monoisotopic (exact) mass is 298 g/mol. The summed E-state index contributed by atoms with van der Waals surface area (Å²) in [7, 11) is 1.65. The number of benzene rings is 1. The van der Waals surface area contributed by atoms with Crippen molar-refractivity contribution in [2.75, 3.05) is 0 Å². The van der Waals surface area contributed by atoms with E-state index in [1.807, 2.05) is 0 Å². The molecule has 0 aliphatic heterocycles. The van der Waals surface area contributed by atoms with Crippen LogP contribution in [0.2, 0.25) is 0 Å². The molecular weight excluding hydrogens is 285 g/mol. The molecule has 8 heteroatoms. The molecule has 0 saturated carbocycles. The SMILES string of the molecule is Cc1cc(Oc2ccc(C(F)(F)F)c(C(=N)N)c2)n(C)n1. The first-order valence-electron chi connectivity index (χ1n) is 5.92. The van der Waals surface area contributed by atoms with Crippen LogP contribution < -0.4 is 10.5 Å². The molecule has 0 fully saturated rings. The molecule has 0 saturated heterocycles. The number of halogens is 3. The van der Waals surface area contributed by atoms with Crippen molar-refractivity contribution in [1.29, 1.82) is 5.41 Å². The molecule has 0 amide bonds. The second kappa shape index (κ2) is 5.12. The molecule has 0 spiro atoms. The molecule has 5 nitrogen and oxygen atoms in total. The lowest BCUT2D eigenvalue weighted by Crippen LogP contribution is -2.18. The Bertz CT molecular complexity index is 691. The van der Waals surface area contributed by atoms with Gasteiger partial charge < -0.3 is 10.5 Å². The van der Waals surface area contributed by atoms with Gasteiger partial charge in [-0.3, -0.25) is 5.41 Å². The van der Waals surface area contributed by atoms with Crippen molar-refractivity contribution >= 4 is 5.84 Å². The van der Waals surface area contributed by atoms with Crippen molar-refractivity contribution in [2.24, 2.45) is 12.8 Å². The van der Waals surface area contributed by atoms with Gasteiger partial charge in [0.05, 0.1) is 11.3 Å². The molecule has 1 heterocycles. The zero-order chi connectivity index (χ0) is 15.8. The summed E-state index contributed by atoms with van der Waals surface area (Å²) in [5, 5.41) is 11.3. The van der Waals surface area contributed by atoms with Crippen molar-refractivity contribution in [3.8, 4) is 11.6 Å². The zero-order valence-electron chi connectivity index (χ0n) is 11.3. The molecule has 0 atom stereocenters. The van der Waals surface area contributed by atoms with Gasteiger partial charge in [-0.1, -0.05) is 0 Å². The molecule has 3 N–H and O–H groups in total. The summed E-state index contributed by atoms with van der Waals surface area (Å²) >= 11 is 0. The molecule has 21 heavy (non-hydrogen) atoms. The lowest BCUT2D eigenvalue weighted by molar-refractivity contribution is -0.137. The average Bonchev–Trinajstić information content (AvgIpc) is 2.66. The highest BCUT2D eigenvalue weighted by Gasteiger charge is 2.34. The second-order valence-corrected chi connectivity index (χ2v) is 4.47. The van der Waals surface area contributed by atoms with Crippen LogP contribution in [0.25, 0.3) is 0 Å². The zero-order valence-corrected chi connectivity index (χ0v) is 11.3. The van der Waals surface area contributed by atoms with Gasteiger partial charge in [0.1, 0.15) is 11.6 Å². The summed E-state index contributed by atoms with van der Waals surface area (Å²) in [5.41, 5.74) is 4.55. The highest BCUT2D eigenvalue weighted by atomic mass is 19.4. The maximum Gasteiger partial charge on any atom is 0.417 e. The number of alkyl halides is 3. The number of aryl methyl sites for hydroxylation is 2. The van der Waals surface area contributed by atoms with Gasteiger partial charge in [0.15, 0.2) is 0 Å². The van der Waals surface area contributed by atoms with E-state index >= 15 is 0 Å². The number of nitrogens with two attached hydrogens (primary N) is 1. The van der Waals surface area contributed by atoms with Gasteiger partial charge in [-0.25, -0.2) is 4.68 Å². The van der Waals surface area contributed by atoms with Crippen LogP contribution in [-0.2, 0) is 13.2 Å². The minimum absolute atomic E-state index is 0.149. The predicted molar refractivity (Wildman–Crippen MR) is 70.5 cm³/mol. The number of rotatable bonds is 3. The summed E-state index contributed by atoms with van der Waals surface area (Å²) in [5.74, 6) is -0.146. The molecule has 0 aliphatic carbocycles. The number of amidine groups is 1. The van der Waals surface area contributed by atoms with E-state index in [1.54, 1.807) is 20.0 Å². The second-order valence-electron chi connectivity index (χ2n) is 4.47. The Hall–Kier alpha value is -2.51. The molecule has 112 valence electrons. The molecule has 0 bridgehead atoms. The number of aromatic nitrogens is 2. The van der Waals surface area contributed by atoms with Crippen LogP contribution in [0, 0.1) is 12.3 Å². The van der Waals surface area contributed by atoms with E-state index in [-0.39, 0.29) is 5.75 Å². The molecule has 0 unspecified atom stereocenters. The maximum absolute atomic E-state index is 12.8. The Morgan fingerprint density at radius 1 is 1.33 bits per heavy atom. The van der Waals surface area contributed by atoms with Gasteiger partial charge in [0.2, 0.25) is 5.88 Å². The van der Waals surface area contributed by atoms with E-state index in [2.05, 4.69) is 5.10 Å². The van der Waals surface area contributed by atoms with Crippen molar-refractivity contribution in [3.63, 3.8) is 0 Å². The van der Waals surface area contributed by atoms with Gasteiger partial charge in [-0.2, -0.15) is 18.3 Å². The predicted octanol–water partition coefficient (Wildman–Crippen LogP) is 2.82. The number of nitrogens with one attached hydrogen (secondary N) is 1. The Morgan fingerprint density at radius 2 is 2.00 bits per heavy atom. The van der Waals surface area contributed by atoms with Crippen LogP contribution in [0.15, 0.2) is 24.3 Å². The fraction of sp³-hybridized carbons (Fsp3) is 0.231. The largest absolute Gasteiger partial charge is 0.439 e. The first-order valence-corrected chi connectivity index (χ1v) is 5.92. The van der Waals surface area contributed by atoms with Crippen LogP contribution in [-0.4, -0.2) is 15.6 Å². The van der Waals surface area contributed by atoms with Crippen LogP contribution in [0.4, 0.5) is 13.2 Å². The molecule has 2 aromatic rings.